The number of nitrogens with one attached hydrogen (secondary N) is 1. The van der Waals surface area contributed by atoms with Gasteiger partial charge in [-0.15, -0.1) is 11.6 Å². The summed E-state index contributed by atoms with van der Waals surface area (Å²) in [6.07, 6.45) is 0.741. The maximum atomic E-state index is 12.0. The molecule has 0 bridgehead atoms. The fourth-order valence-corrected chi connectivity index (χ4v) is 3.50. The maximum Gasteiger partial charge on any atom is 0.244 e. The lowest BCUT2D eigenvalue weighted by Gasteiger charge is -2.05. The van der Waals surface area contributed by atoms with Gasteiger partial charge in [0.1, 0.15) is 16.4 Å². The minimum absolute atomic E-state index is 0.130. The lowest BCUT2D eigenvalue weighted by molar-refractivity contribution is 0.494. The molecule has 0 unspecified atom stereocenters. The second kappa shape index (κ2) is 5.21. The molecule has 1 aromatic heterocycles. The van der Waals surface area contributed by atoms with Gasteiger partial charge in [-0.25, -0.2) is 13.1 Å². The largest absolute Gasteiger partial charge is 0.465 e. The van der Waals surface area contributed by atoms with Crippen LogP contribution in [0.15, 0.2) is 9.31 Å². The first-order valence-electron chi connectivity index (χ1n) is 5.08. The summed E-state index contributed by atoms with van der Waals surface area (Å²) in [5, 5.41) is 0. The number of aryl methyl sites for hydroxylation is 2. The molecular formula is C10H16ClNO3S. The Balaban J connectivity index is 3.21. The summed E-state index contributed by atoms with van der Waals surface area (Å²) >= 11 is 5.74. The zero-order valence-electron chi connectivity index (χ0n) is 9.63. The number of hydrogen-bond acceptors (Lipinski definition) is 3. The van der Waals surface area contributed by atoms with E-state index in [-0.39, 0.29) is 10.8 Å². The smallest absolute Gasteiger partial charge is 0.244 e. The Morgan fingerprint density at radius 3 is 2.44 bits per heavy atom. The number of rotatable bonds is 5. The SMILES string of the molecule is CCCNS(=O)(=O)c1c(C)oc(C)c1CCl. The molecule has 4 nitrogen and oxygen atoms in total. The summed E-state index contributed by atoms with van der Waals surface area (Å²) in [4.78, 5) is 0.188. The molecule has 0 aliphatic heterocycles. The highest BCUT2D eigenvalue weighted by Crippen LogP contribution is 2.27. The van der Waals surface area contributed by atoms with E-state index in [9.17, 15) is 8.42 Å². The van der Waals surface area contributed by atoms with Crippen LogP contribution in [-0.4, -0.2) is 15.0 Å². The molecule has 92 valence electrons. The van der Waals surface area contributed by atoms with Gasteiger partial charge in [0.05, 0.1) is 5.88 Å². The zero-order chi connectivity index (χ0) is 12.3. The number of halogens is 1. The highest BCUT2D eigenvalue weighted by atomic mass is 35.5. The van der Waals surface area contributed by atoms with Crippen molar-refractivity contribution in [1.82, 2.24) is 4.72 Å². The molecule has 1 rings (SSSR count). The Bertz CT molecular complexity index is 465. The first-order chi connectivity index (χ1) is 7.44. The van der Waals surface area contributed by atoms with Crippen LogP contribution in [0.5, 0.6) is 0 Å². The topological polar surface area (TPSA) is 59.3 Å². The Labute approximate surface area is 101 Å². The van der Waals surface area contributed by atoms with Crippen LogP contribution in [0.2, 0.25) is 0 Å². The van der Waals surface area contributed by atoms with Crippen LogP contribution < -0.4 is 4.72 Å². The molecule has 16 heavy (non-hydrogen) atoms. The van der Waals surface area contributed by atoms with Gasteiger partial charge < -0.3 is 4.42 Å². The third-order valence-corrected chi connectivity index (χ3v) is 4.19. The summed E-state index contributed by atoms with van der Waals surface area (Å²) in [5.41, 5.74) is 0.544. The van der Waals surface area contributed by atoms with Crippen molar-refractivity contribution in [2.75, 3.05) is 6.54 Å². The minimum Gasteiger partial charge on any atom is -0.465 e. The number of sulfonamides is 1. The minimum atomic E-state index is -3.50. The van der Waals surface area contributed by atoms with Gasteiger partial charge >= 0.3 is 0 Å². The van der Waals surface area contributed by atoms with Crippen LogP contribution in [0.4, 0.5) is 0 Å². The van der Waals surface area contributed by atoms with Crippen molar-refractivity contribution in [2.24, 2.45) is 0 Å². The van der Waals surface area contributed by atoms with E-state index < -0.39 is 10.0 Å². The monoisotopic (exact) mass is 265 g/mol. The van der Waals surface area contributed by atoms with E-state index in [1.165, 1.54) is 0 Å². The molecule has 0 spiro atoms. The van der Waals surface area contributed by atoms with Gasteiger partial charge in [0.2, 0.25) is 10.0 Å². The standard InChI is InChI=1S/C10H16ClNO3S/c1-4-5-12-16(13,14)10-8(3)15-7(2)9(10)6-11/h12H,4-6H2,1-3H3. The van der Waals surface area contributed by atoms with E-state index in [4.69, 9.17) is 16.0 Å². The maximum absolute atomic E-state index is 12.0. The quantitative estimate of drug-likeness (QED) is 0.832. The normalized spacial score (nSPS) is 12.0. The van der Waals surface area contributed by atoms with Crippen LogP contribution in [-0.2, 0) is 15.9 Å². The van der Waals surface area contributed by atoms with Crippen molar-refractivity contribution in [3.63, 3.8) is 0 Å². The van der Waals surface area contributed by atoms with Crippen molar-refractivity contribution in [1.29, 1.82) is 0 Å². The average Bonchev–Trinajstić information content (AvgIpc) is 2.50. The molecule has 0 saturated carbocycles. The molecule has 6 heteroatoms. The summed E-state index contributed by atoms with van der Waals surface area (Å²) in [6.45, 7) is 5.65. The molecule has 0 fully saturated rings. The lowest BCUT2D eigenvalue weighted by atomic mass is 10.3. The van der Waals surface area contributed by atoms with Gasteiger partial charge in [-0.05, 0) is 20.3 Å². The molecular weight excluding hydrogens is 250 g/mol. The van der Waals surface area contributed by atoms with Crippen molar-refractivity contribution in [3.05, 3.63) is 17.1 Å². The van der Waals surface area contributed by atoms with Crippen molar-refractivity contribution in [3.8, 4) is 0 Å². The van der Waals surface area contributed by atoms with Crippen LogP contribution >= 0.6 is 11.6 Å². The predicted octanol–water partition coefficient (Wildman–Crippen LogP) is 2.32. The van der Waals surface area contributed by atoms with Gasteiger partial charge in [-0.2, -0.15) is 0 Å². The van der Waals surface area contributed by atoms with E-state index in [0.717, 1.165) is 6.42 Å². The number of alkyl halides is 1. The second-order valence-corrected chi connectivity index (χ2v) is 5.52. The molecule has 0 aromatic carbocycles. The van der Waals surface area contributed by atoms with Gasteiger partial charge in [0.15, 0.2) is 0 Å². The number of furan rings is 1. The predicted molar refractivity (Wildman–Crippen MR) is 63.2 cm³/mol. The molecule has 0 amide bonds. The summed E-state index contributed by atoms with van der Waals surface area (Å²) in [7, 11) is -3.50. The molecule has 1 N–H and O–H groups in total. The molecule has 1 heterocycles. The molecule has 0 radical (unpaired) electrons. The van der Waals surface area contributed by atoms with Gasteiger partial charge in [0, 0.05) is 12.1 Å². The first kappa shape index (κ1) is 13.5. The Hall–Kier alpha value is -0.520. The molecule has 0 saturated heterocycles. The fraction of sp³-hybridized carbons (Fsp3) is 0.600. The van der Waals surface area contributed by atoms with Gasteiger partial charge in [-0.3, -0.25) is 0 Å². The second-order valence-electron chi connectivity index (χ2n) is 3.55. The highest BCUT2D eigenvalue weighted by molar-refractivity contribution is 7.89. The molecule has 1 aromatic rings. The third-order valence-electron chi connectivity index (χ3n) is 2.27. The molecule has 0 aliphatic carbocycles. The van der Waals surface area contributed by atoms with E-state index in [1.54, 1.807) is 13.8 Å². The van der Waals surface area contributed by atoms with E-state index in [0.29, 0.717) is 23.6 Å². The molecule has 0 atom stereocenters. The van der Waals surface area contributed by atoms with Crippen LogP contribution in [0.1, 0.15) is 30.4 Å². The molecule has 0 aliphatic rings. The van der Waals surface area contributed by atoms with E-state index in [2.05, 4.69) is 4.72 Å². The highest BCUT2D eigenvalue weighted by Gasteiger charge is 2.25. The Kier molecular flexibility index (Phi) is 4.41. The van der Waals surface area contributed by atoms with Crippen LogP contribution in [0.25, 0.3) is 0 Å². The number of hydrogen-bond donors (Lipinski definition) is 1. The zero-order valence-corrected chi connectivity index (χ0v) is 11.2. The lowest BCUT2D eigenvalue weighted by Crippen LogP contribution is -2.25. The van der Waals surface area contributed by atoms with Crippen molar-refractivity contribution in [2.45, 2.75) is 38.0 Å². The Morgan fingerprint density at radius 1 is 1.31 bits per heavy atom. The first-order valence-corrected chi connectivity index (χ1v) is 7.10. The van der Waals surface area contributed by atoms with Gasteiger partial charge in [-0.1, -0.05) is 6.92 Å². The van der Waals surface area contributed by atoms with E-state index in [1.807, 2.05) is 6.92 Å². The van der Waals surface area contributed by atoms with E-state index >= 15 is 0 Å². The van der Waals surface area contributed by atoms with Crippen LogP contribution in [0.3, 0.4) is 0 Å². The average molecular weight is 266 g/mol. The summed E-state index contributed by atoms with van der Waals surface area (Å²) < 4.78 is 31.8. The Morgan fingerprint density at radius 2 is 1.94 bits per heavy atom. The summed E-state index contributed by atoms with van der Waals surface area (Å²) in [5.74, 6) is 1.08. The third kappa shape index (κ3) is 2.59. The summed E-state index contributed by atoms with van der Waals surface area (Å²) in [6, 6.07) is 0. The van der Waals surface area contributed by atoms with Gasteiger partial charge in [0.25, 0.3) is 0 Å². The van der Waals surface area contributed by atoms with Crippen molar-refractivity contribution < 1.29 is 12.8 Å². The van der Waals surface area contributed by atoms with Crippen LogP contribution in [0, 0.1) is 13.8 Å². The van der Waals surface area contributed by atoms with Crippen molar-refractivity contribution >= 4 is 21.6 Å². The fourth-order valence-electron chi connectivity index (χ4n) is 1.52.